The number of nitrogens with zero attached hydrogens (tertiary/aromatic N) is 3. The second-order valence-electron chi connectivity index (χ2n) is 7.55. The fourth-order valence-corrected chi connectivity index (χ4v) is 4.71. The number of aromatic nitrogens is 2. The zero-order valence-electron chi connectivity index (χ0n) is 18.2. The lowest BCUT2D eigenvalue weighted by atomic mass is 10.0. The van der Waals surface area contributed by atoms with Crippen molar-refractivity contribution in [3.05, 3.63) is 80.5 Å². The molecule has 1 unspecified atom stereocenters. The second-order valence-corrected chi connectivity index (χ2v) is 9.02. The molecule has 1 atom stereocenters. The highest BCUT2D eigenvalue weighted by atomic mass is 32.2. The van der Waals surface area contributed by atoms with Crippen LogP contribution in [0.2, 0.25) is 0 Å². The average Bonchev–Trinajstić information content (AvgIpc) is 3.30. The van der Waals surface area contributed by atoms with Crippen LogP contribution >= 0.6 is 11.8 Å². The molecule has 0 saturated carbocycles. The van der Waals surface area contributed by atoms with Crippen LogP contribution in [-0.4, -0.2) is 32.3 Å². The molecule has 176 valence electrons. The molecule has 0 aliphatic heterocycles. The lowest BCUT2D eigenvalue weighted by Gasteiger charge is -2.25. The van der Waals surface area contributed by atoms with Gasteiger partial charge in [-0.2, -0.15) is 0 Å². The number of esters is 1. The molecular weight excluding hydrogens is 469 g/mol. The lowest BCUT2D eigenvalue weighted by molar-refractivity contribution is -0.385. The first-order chi connectivity index (χ1) is 16.1. The zero-order valence-corrected chi connectivity index (χ0v) is 19.1. The lowest BCUT2D eigenvalue weighted by Crippen LogP contribution is -2.36. The molecule has 4 rings (SSSR count). The van der Waals surface area contributed by atoms with E-state index in [9.17, 15) is 19.7 Å². The van der Waals surface area contributed by atoms with Crippen LogP contribution in [0.15, 0.2) is 61.2 Å². The number of nitro groups is 1. The number of ether oxygens (including phenoxy) is 1. The van der Waals surface area contributed by atoms with E-state index >= 15 is 4.39 Å². The summed E-state index contributed by atoms with van der Waals surface area (Å²) in [6.45, 7) is 3.11. The molecule has 0 N–H and O–H groups in total. The van der Waals surface area contributed by atoms with Gasteiger partial charge < -0.3 is 13.6 Å². The van der Waals surface area contributed by atoms with Gasteiger partial charge in [0.2, 0.25) is 0 Å². The first kappa shape index (κ1) is 23.2. The Morgan fingerprint density at radius 2 is 2.03 bits per heavy atom. The normalized spacial score (nSPS) is 13.1. The van der Waals surface area contributed by atoms with Gasteiger partial charge in [-0.25, -0.2) is 14.2 Å². The summed E-state index contributed by atoms with van der Waals surface area (Å²) >= 11 is 0.976. The molecule has 0 aliphatic rings. The van der Waals surface area contributed by atoms with E-state index in [4.69, 9.17) is 13.6 Å². The predicted molar refractivity (Wildman–Crippen MR) is 120 cm³/mol. The van der Waals surface area contributed by atoms with Crippen molar-refractivity contribution < 1.29 is 27.7 Å². The number of methoxy groups -OCH3 is 1. The number of para-hydroxylation sites is 2. The molecule has 12 heteroatoms. The number of aryl methyl sites for hydroxylation is 1. The monoisotopic (exact) mass is 487 g/mol. The molecule has 4 aromatic rings. The minimum absolute atomic E-state index is 0.0139. The molecule has 34 heavy (non-hydrogen) atoms. The number of benzene rings is 2. The fourth-order valence-electron chi connectivity index (χ4n) is 3.51. The van der Waals surface area contributed by atoms with E-state index in [1.807, 2.05) is 0 Å². The van der Waals surface area contributed by atoms with Crippen LogP contribution in [0.25, 0.3) is 16.7 Å². The highest BCUT2D eigenvalue weighted by Gasteiger charge is 2.40. The molecule has 2 aromatic heterocycles. The zero-order chi connectivity index (χ0) is 24.6. The Kier molecular flexibility index (Phi) is 6.00. The van der Waals surface area contributed by atoms with Crippen molar-refractivity contribution in [2.45, 2.75) is 30.2 Å². The third kappa shape index (κ3) is 4.19. The van der Waals surface area contributed by atoms with Gasteiger partial charge in [-0.15, -0.1) is 0 Å². The van der Waals surface area contributed by atoms with Gasteiger partial charge in [-0.1, -0.05) is 23.9 Å². The van der Waals surface area contributed by atoms with Crippen LogP contribution < -0.4 is 5.82 Å². The maximum Gasteiger partial charge on any atom is 0.519 e. The summed E-state index contributed by atoms with van der Waals surface area (Å²) in [5, 5.41) is 11.3. The van der Waals surface area contributed by atoms with Crippen molar-refractivity contribution in [1.29, 1.82) is 0 Å². The van der Waals surface area contributed by atoms with Crippen LogP contribution in [0.3, 0.4) is 0 Å². The van der Waals surface area contributed by atoms with Crippen molar-refractivity contribution in [3.8, 4) is 5.69 Å². The number of hydrogen-bond donors (Lipinski definition) is 0. The Labute approximate surface area is 195 Å². The van der Waals surface area contributed by atoms with Gasteiger partial charge in [-0.3, -0.25) is 19.5 Å². The first-order valence-corrected chi connectivity index (χ1v) is 10.7. The second kappa shape index (κ2) is 8.78. The summed E-state index contributed by atoms with van der Waals surface area (Å²) in [5.74, 6) is -1.99. The molecule has 2 heterocycles. The molecule has 0 spiro atoms. The molecule has 0 bridgehead atoms. The molecule has 0 saturated heterocycles. The smallest absolute Gasteiger partial charge is 0.468 e. The Hall–Kier alpha value is -3.93. The van der Waals surface area contributed by atoms with Crippen molar-refractivity contribution in [3.63, 3.8) is 0 Å². The quantitative estimate of drug-likeness (QED) is 0.163. The SMILES string of the molecule is COC(=O)C(C)(Cc1oc(=O)oc1C)Sc1nc2ccccc2n1-c1ccc([N+](=O)[O-])cc1F. The third-order valence-corrected chi connectivity index (χ3v) is 6.40. The van der Waals surface area contributed by atoms with E-state index in [0.717, 1.165) is 17.8 Å². The van der Waals surface area contributed by atoms with E-state index in [2.05, 4.69) is 4.98 Å². The summed E-state index contributed by atoms with van der Waals surface area (Å²) in [7, 11) is 1.22. The summed E-state index contributed by atoms with van der Waals surface area (Å²) < 4.78 is 30.1. The Balaban J connectivity index is 1.87. The number of carbonyl (C=O) groups is 1. The minimum atomic E-state index is -1.35. The Morgan fingerprint density at radius 3 is 2.65 bits per heavy atom. The summed E-state index contributed by atoms with van der Waals surface area (Å²) in [5.41, 5.74) is 0.654. The third-order valence-electron chi connectivity index (χ3n) is 5.18. The highest BCUT2D eigenvalue weighted by molar-refractivity contribution is 8.01. The van der Waals surface area contributed by atoms with Gasteiger partial charge >= 0.3 is 11.8 Å². The number of imidazole rings is 1. The predicted octanol–water partition coefficient (Wildman–Crippen LogP) is 4.19. The van der Waals surface area contributed by atoms with Crippen molar-refractivity contribution in [2.75, 3.05) is 7.11 Å². The number of halogens is 1. The van der Waals surface area contributed by atoms with Crippen LogP contribution in [0.1, 0.15) is 18.4 Å². The van der Waals surface area contributed by atoms with E-state index < -0.39 is 33.0 Å². The number of hydrogen-bond acceptors (Lipinski definition) is 9. The molecule has 10 nitrogen and oxygen atoms in total. The van der Waals surface area contributed by atoms with E-state index in [1.54, 1.807) is 31.2 Å². The number of thioether (sulfide) groups is 1. The van der Waals surface area contributed by atoms with Gasteiger partial charge in [-0.05, 0) is 32.0 Å². The molecule has 0 aliphatic carbocycles. The van der Waals surface area contributed by atoms with E-state index in [0.29, 0.717) is 11.0 Å². The van der Waals surface area contributed by atoms with Crippen LogP contribution in [-0.2, 0) is 16.0 Å². The highest BCUT2D eigenvalue weighted by Crippen LogP contribution is 2.40. The standard InChI is InChI=1S/C22H18FN3O7S/c1-12-18(33-21(28)32-12)11-22(2,19(27)31-3)34-20-24-15-6-4-5-7-17(15)25(20)16-9-8-13(26(29)30)10-14(16)23/h4-10H,11H2,1-3H3. The van der Waals surface area contributed by atoms with Gasteiger partial charge in [0.15, 0.2) is 16.7 Å². The fraction of sp³-hybridized carbons (Fsp3) is 0.227. The largest absolute Gasteiger partial charge is 0.519 e. The number of nitro benzene ring substituents is 1. The molecule has 0 amide bonds. The van der Waals surface area contributed by atoms with E-state index in [-0.39, 0.29) is 28.8 Å². The first-order valence-electron chi connectivity index (χ1n) is 9.91. The maximum atomic E-state index is 15.0. The van der Waals surface area contributed by atoms with Crippen LogP contribution in [0, 0.1) is 22.9 Å². The summed E-state index contributed by atoms with van der Waals surface area (Å²) in [4.78, 5) is 39.3. The van der Waals surface area contributed by atoms with Crippen molar-refractivity contribution >= 4 is 34.5 Å². The Morgan fingerprint density at radius 1 is 1.29 bits per heavy atom. The van der Waals surface area contributed by atoms with Gasteiger partial charge in [0, 0.05) is 12.5 Å². The van der Waals surface area contributed by atoms with Crippen LogP contribution in [0.5, 0.6) is 0 Å². The summed E-state index contributed by atoms with van der Waals surface area (Å²) in [6.07, 6.45) is -0.0755. The molecular formula is C22H18FN3O7S. The number of fused-ring (bicyclic) bond motifs is 1. The van der Waals surface area contributed by atoms with Gasteiger partial charge in [0.05, 0.1) is 34.8 Å². The van der Waals surface area contributed by atoms with Gasteiger partial charge in [0.25, 0.3) is 5.69 Å². The van der Waals surface area contributed by atoms with E-state index in [1.165, 1.54) is 30.7 Å². The Bertz CT molecular complexity index is 1470. The van der Waals surface area contributed by atoms with Crippen molar-refractivity contribution in [1.82, 2.24) is 9.55 Å². The van der Waals surface area contributed by atoms with Gasteiger partial charge in [0.1, 0.15) is 10.5 Å². The van der Waals surface area contributed by atoms with Crippen molar-refractivity contribution in [2.24, 2.45) is 0 Å². The topological polar surface area (TPSA) is 131 Å². The molecule has 2 aromatic carbocycles. The molecule has 0 radical (unpaired) electrons. The average molecular weight is 487 g/mol. The number of non-ortho nitro benzene ring substituents is 1. The van der Waals surface area contributed by atoms with Crippen LogP contribution in [0.4, 0.5) is 10.1 Å². The summed E-state index contributed by atoms with van der Waals surface area (Å²) in [6, 6.07) is 10.2. The number of rotatable bonds is 7. The molecule has 0 fully saturated rings. The number of carbonyl (C=O) groups excluding carboxylic acids is 1. The minimum Gasteiger partial charge on any atom is -0.468 e. The maximum absolute atomic E-state index is 15.0.